The summed E-state index contributed by atoms with van der Waals surface area (Å²) in [4.78, 5) is 11.6. The molecule has 0 radical (unpaired) electrons. The number of hydrogen-bond acceptors (Lipinski definition) is 5. The number of benzene rings is 1. The number of aryl methyl sites for hydroxylation is 1. The zero-order valence-corrected chi connectivity index (χ0v) is 11.5. The van der Waals surface area contributed by atoms with Gasteiger partial charge in [-0.15, -0.1) is 0 Å². The molecule has 106 valence electrons. The molecule has 1 aromatic carbocycles. The van der Waals surface area contributed by atoms with Crippen LogP contribution in [0.5, 0.6) is 0 Å². The lowest BCUT2D eigenvalue weighted by Crippen LogP contribution is -2.39. The minimum absolute atomic E-state index is 0.0692. The lowest BCUT2D eigenvalue weighted by atomic mass is 10.2. The second-order valence-electron chi connectivity index (χ2n) is 4.07. The molecule has 1 atom stereocenters. The third-order valence-corrected chi connectivity index (χ3v) is 3.39. The molecule has 0 spiro atoms. The van der Waals surface area contributed by atoms with E-state index in [-0.39, 0.29) is 11.5 Å². The highest BCUT2D eigenvalue weighted by Crippen LogP contribution is 2.19. The molecule has 0 fully saturated rings. The van der Waals surface area contributed by atoms with Crippen molar-refractivity contribution in [1.29, 1.82) is 0 Å². The Bertz CT molecular complexity index is 571. The Morgan fingerprint density at radius 1 is 1.47 bits per heavy atom. The quantitative estimate of drug-likeness (QED) is 0.676. The van der Waals surface area contributed by atoms with Crippen molar-refractivity contribution in [2.75, 3.05) is 19.0 Å². The van der Waals surface area contributed by atoms with Crippen molar-refractivity contribution < 1.29 is 17.9 Å². The third kappa shape index (κ3) is 4.28. The highest BCUT2D eigenvalue weighted by molar-refractivity contribution is 7.89. The van der Waals surface area contributed by atoms with Crippen molar-refractivity contribution in [3.8, 4) is 0 Å². The van der Waals surface area contributed by atoms with E-state index in [9.17, 15) is 13.2 Å². The summed E-state index contributed by atoms with van der Waals surface area (Å²) in [5.74, 6) is -0.462. The summed E-state index contributed by atoms with van der Waals surface area (Å²) in [5, 5.41) is 7.57. The maximum atomic E-state index is 11.7. The minimum atomic E-state index is -3.82. The van der Waals surface area contributed by atoms with Gasteiger partial charge in [-0.3, -0.25) is 4.79 Å². The first-order valence-electron chi connectivity index (χ1n) is 5.44. The minimum Gasteiger partial charge on any atom is -0.383 e. The Morgan fingerprint density at radius 3 is 2.63 bits per heavy atom. The second kappa shape index (κ2) is 6.11. The smallest absolute Gasteiger partial charge is 0.243 e. The molecule has 0 aliphatic carbocycles. The Labute approximate surface area is 112 Å². The van der Waals surface area contributed by atoms with Gasteiger partial charge < -0.3 is 15.8 Å². The maximum Gasteiger partial charge on any atom is 0.243 e. The van der Waals surface area contributed by atoms with Crippen LogP contribution < -0.4 is 16.2 Å². The second-order valence-corrected chi connectivity index (χ2v) is 5.63. The Balaban J connectivity index is 2.98. The van der Waals surface area contributed by atoms with Crippen molar-refractivity contribution in [2.24, 2.45) is 10.9 Å². The van der Waals surface area contributed by atoms with Crippen LogP contribution in [0.25, 0.3) is 0 Å². The summed E-state index contributed by atoms with van der Waals surface area (Å²) >= 11 is 0. The number of primary sulfonamides is 1. The van der Waals surface area contributed by atoms with E-state index < -0.39 is 22.0 Å². The van der Waals surface area contributed by atoms with E-state index in [0.717, 1.165) is 0 Å². The molecule has 5 N–H and O–H groups in total. The van der Waals surface area contributed by atoms with Crippen molar-refractivity contribution in [3.63, 3.8) is 0 Å². The summed E-state index contributed by atoms with van der Waals surface area (Å²) in [5.41, 5.74) is 6.62. The van der Waals surface area contributed by atoms with Crippen LogP contribution in [0.15, 0.2) is 23.1 Å². The van der Waals surface area contributed by atoms with Crippen molar-refractivity contribution >= 4 is 21.6 Å². The van der Waals surface area contributed by atoms with Crippen LogP contribution in [0.3, 0.4) is 0 Å². The van der Waals surface area contributed by atoms with Gasteiger partial charge in [-0.25, -0.2) is 13.6 Å². The molecule has 0 heterocycles. The maximum absolute atomic E-state index is 11.7. The number of nitrogens with two attached hydrogens (primary N) is 2. The molecule has 0 saturated heterocycles. The molecule has 1 unspecified atom stereocenters. The van der Waals surface area contributed by atoms with Crippen LogP contribution in [0.2, 0.25) is 0 Å². The molecule has 7 nitrogen and oxygen atoms in total. The van der Waals surface area contributed by atoms with Crippen molar-refractivity contribution in [3.05, 3.63) is 23.8 Å². The van der Waals surface area contributed by atoms with Gasteiger partial charge in [0.1, 0.15) is 6.04 Å². The van der Waals surface area contributed by atoms with Crippen molar-refractivity contribution in [1.82, 2.24) is 0 Å². The number of ether oxygens (including phenoxy) is 1. The van der Waals surface area contributed by atoms with E-state index in [0.29, 0.717) is 11.3 Å². The normalized spacial score (nSPS) is 13.1. The van der Waals surface area contributed by atoms with Crippen LogP contribution in [-0.2, 0) is 19.6 Å². The lowest BCUT2D eigenvalue weighted by Gasteiger charge is -2.13. The Kier molecular flexibility index (Phi) is 5.01. The van der Waals surface area contributed by atoms with Crippen LogP contribution in [0, 0.1) is 6.92 Å². The van der Waals surface area contributed by atoms with Crippen LogP contribution in [-0.4, -0.2) is 34.1 Å². The zero-order chi connectivity index (χ0) is 14.6. The highest BCUT2D eigenvalue weighted by Gasteiger charge is 2.16. The first-order chi connectivity index (χ1) is 8.75. The molecule has 1 rings (SSSR count). The summed E-state index contributed by atoms with van der Waals surface area (Å²) in [6.07, 6.45) is 0. The summed E-state index contributed by atoms with van der Waals surface area (Å²) in [6, 6.07) is 3.39. The molecule has 0 aliphatic rings. The molecular weight excluding hydrogens is 270 g/mol. The molecule has 0 aromatic heterocycles. The van der Waals surface area contributed by atoms with E-state index in [2.05, 4.69) is 5.32 Å². The molecule has 8 heteroatoms. The highest BCUT2D eigenvalue weighted by atomic mass is 32.2. The lowest BCUT2D eigenvalue weighted by molar-refractivity contribution is -0.118. The van der Waals surface area contributed by atoms with Crippen molar-refractivity contribution in [2.45, 2.75) is 17.9 Å². The molecule has 19 heavy (non-hydrogen) atoms. The number of amides is 1. The summed E-state index contributed by atoms with van der Waals surface area (Å²) in [6.45, 7) is 1.80. The van der Waals surface area contributed by atoms with E-state index in [1.54, 1.807) is 13.0 Å². The topological polar surface area (TPSA) is 125 Å². The predicted molar refractivity (Wildman–Crippen MR) is 71.0 cm³/mol. The standard InChI is InChI=1S/C11H17N3O4S/c1-7-3-4-8(19(13,16)17)5-10(7)14-11(15)9(12)6-18-2/h3-5,9H,6,12H2,1-2H3,(H,14,15)(H2,13,16,17). The van der Waals surface area contributed by atoms with E-state index >= 15 is 0 Å². The summed E-state index contributed by atoms with van der Waals surface area (Å²) in [7, 11) is -2.39. The Hall–Kier alpha value is -1.48. The van der Waals surface area contributed by atoms with E-state index in [1.165, 1.54) is 19.2 Å². The first-order valence-corrected chi connectivity index (χ1v) is 6.99. The van der Waals surface area contributed by atoms with Gasteiger partial charge in [0.2, 0.25) is 15.9 Å². The number of sulfonamides is 1. The average Bonchev–Trinajstić information content (AvgIpc) is 2.30. The van der Waals surface area contributed by atoms with Crippen LogP contribution >= 0.6 is 0 Å². The van der Waals surface area contributed by atoms with Gasteiger partial charge >= 0.3 is 0 Å². The number of carbonyl (C=O) groups is 1. The van der Waals surface area contributed by atoms with E-state index in [1.807, 2.05) is 0 Å². The zero-order valence-electron chi connectivity index (χ0n) is 10.7. The van der Waals surface area contributed by atoms with Gasteiger partial charge in [-0.2, -0.15) is 0 Å². The van der Waals surface area contributed by atoms with Gasteiger partial charge in [-0.05, 0) is 24.6 Å². The fraction of sp³-hybridized carbons (Fsp3) is 0.364. The first kappa shape index (κ1) is 15.6. The molecule has 1 aromatic rings. The van der Waals surface area contributed by atoms with Gasteiger partial charge in [-0.1, -0.05) is 6.07 Å². The van der Waals surface area contributed by atoms with Gasteiger partial charge in [0, 0.05) is 12.8 Å². The molecule has 0 bridgehead atoms. The molecule has 1 amide bonds. The fourth-order valence-electron chi connectivity index (χ4n) is 1.39. The van der Waals surface area contributed by atoms with Gasteiger partial charge in [0.05, 0.1) is 11.5 Å². The monoisotopic (exact) mass is 287 g/mol. The number of anilines is 1. The molecular formula is C11H17N3O4S. The SMILES string of the molecule is COCC(N)C(=O)Nc1cc(S(N)(=O)=O)ccc1C. The summed E-state index contributed by atoms with van der Waals surface area (Å²) < 4.78 is 27.2. The number of rotatable bonds is 5. The predicted octanol–water partition coefficient (Wildman–Crippen LogP) is -0.445. The fourth-order valence-corrected chi connectivity index (χ4v) is 1.93. The van der Waals surface area contributed by atoms with Gasteiger partial charge in [0.25, 0.3) is 0 Å². The average molecular weight is 287 g/mol. The number of methoxy groups -OCH3 is 1. The Morgan fingerprint density at radius 2 is 2.11 bits per heavy atom. The molecule has 0 saturated carbocycles. The van der Waals surface area contributed by atoms with Crippen LogP contribution in [0.1, 0.15) is 5.56 Å². The number of nitrogens with one attached hydrogen (secondary N) is 1. The number of carbonyl (C=O) groups excluding carboxylic acids is 1. The largest absolute Gasteiger partial charge is 0.383 e. The number of hydrogen-bond donors (Lipinski definition) is 3. The van der Waals surface area contributed by atoms with Gasteiger partial charge in [0.15, 0.2) is 0 Å². The van der Waals surface area contributed by atoms with Crippen LogP contribution in [0.4, 0.5) is 5.69 Å². The molecule has 0 aliphatic heterocycles. The van der Waals surface area contributed by atoms with E-state index in [4.69, 9.17) is 15.6 Å². The third-order valence-electron chi connectivity index (χ3n) is 2.48.